The summed E-state index contributed by atoms with van der Waals surface area (Å²) in [5, 5.41) is 3.76. The second-order valence-corrected chi connectivity index (χ2v) is 9.07. The summed E-state index contributed by atoms with van der Waals surface area (Å²) < 4.78 is 20.1. The van der Waals surface area contributed by atoms with E-state index in [0.29, 0.717) is 49.6 Å². The number of amides is 2. The van der Waals surface area contributed by atoms with E-state index in [1.807, 2.05) is 36.4 Å². The molecule has 2 aromatic heterocycles. The average Bonchev–Trinajstić information content (AvgIpc) is 3.50. The molecule has 6 nitrogen and oxygen atoms in total. The number of hydrogen-bond donors (Lipinski definition) is 1. The number of carbonyl (C=O) groups is 2. The molecular formula is C25H22FN3O3S. The Morgan fingerprint density at radius 3 is 2.58 bits per heavy atom. The number of carbonyl (C=O) groups excluding carboxylic acids is 2. The SMILES string of the molecule is O=C(NCc1ccc(-c2nc3ccccc3s2)o1)C1CCN(C(=O)c2ccc(F)cc2)CC1. The normalized spacial score (nSPS) is 14.5. The molecule has 8 heteroatoms. The molecule has 168 valence electrons. The van der Waals surface area contributed by atoms with Gasteiger partial charge in [0.15, 0.2) is 10.8 Å². The van der Waals surface area contributed by atoms with Gasteiger partial charge < -0.3 is 14.6 Å². The smallest absolute Gasteiger partial charge is 0.253 e. The van der Waals surface area contributed by atoms with Crippen LogP contribution in [0.15, 0.2) is 65.1 Å². The molecule has 0 radical (unpaired) electrons. The maximum Gasteiger partial charge on any atom is 0.253 e. The van der Waals surface area contributed by atoms with E-state index in [4.69, 9.17) is 4.42 Å². The van der Waals surface area contributed by atoms with Crippen LogP contribution in [0.4, 0.5) is 4.39 Å². The molecule has 0 spiro atoms. The Hall–Kier alpha value is -3.52. The van der Waals surface area contributed by atoms with Gasteiger partial charge in [-0.25, -0.2) is 9.37 Å². The number of likely N-dealkylation sites (tertiary alicyclic amines) is 1. The molecule has 1 aliphatic rings. The zero-order valence-electron chi connectivity index (χ0n) is 17.8. The van der Waals surface area contributed by atoms with Crippen LogP contribution in [0.5, 0.6) is 0 Å². The molecule has 1 fully saturated rings. The van der Waals surface area contributed by atoms with Crippen molar-refractivity contribution < 1.29 is 18.4 Å². The lowest BCUT2D eigenvalue weighted by molar-refractivity contribution is -0.126. The minimum Gasteiger partial charge on any atom is -0.457 e. The number of hydrogen-bond acceptors (Lipinski definition) is 5. The Balaban J connectivity index is 1.13. The fourth-order valence-corrected chi connectivity index (χ4v) is 4.93. The van der Waals surface area contributed by atoms with Crippen LogP contribution in [0.1, 0.15) is 29.0 Å². The van der Waals surface area contributed by atoms with E-state index in [2.05, 4.69) is 10.3 Å². The summed E-state index contributed by atoms with van der Waals surface area (Å²) in [4.78, 5) is 31.5. The second kappa shape index (κ2) is 9.15. The van der Waals surface area contributed by atoms with Crippen LogP contribution >= 0.6 is 11.3 Å². The summed E-state index contributed by atoms with van der Waals surface area (Å²) >= 11 is 1.57. The summed E-state index contributed by atoms with van der Waals surface area (Å²) in [6.45, 7) is 1.30. The van der Waals surface area contributed by atoms with E-state index in [0.717, 1.165) is 15.2 Å². The van der Waals surface area contributed by atoms with Crippen molar-refractivity contribution in [3.63, 3.8) is 0 Å². The summed E-state index contributed by atoms with van der Waals surface area (Å²) in [7, 11) is 0. The van der Waals surface area contributed by atoms with Gasteiger partial charge in [-0.15, -0.1) is 11.3 Å². The minimum absolute atomic E-state index is 0.0400. The molecule has 0 aliphatic carbocycles. The Morgan fingerprint density at radius 2 is 1.82 bits per heavy atom. The Kier molecular flexibility index (Phi) is 5.92. The van der Waals surface area contributed by atoms with Crippen molar-refractivity contribution in [1.82, 2.24) is 15.2 Å². The number of furan rings is 1. The molecule has 2 amide bonds. The lowest BCUT2D eigenvalue weighted by Crippen LogP contribution is -2.42. The summed E-state index contributed by atoms with van der Waals surface area (Å²) in [6, 6.07) is 17.2. The van der Waals surface area contributed by atoms with Crippen molar-refractivity contribution in [2.45, 2.75) is 19.4 Å². The highest BCUT2D eigenvalue weighted by Gasteiger charge is 2.28. The van der Waals surface area contributed by atoms with Crippen molar-refractivity contribution in [2.75, 3.05) is 13.1 Å². The van der Waals surface area contributed by atoms with Gasteiger partial charge in [0.2, 0.25) is 5.91 Å². The third kappa shape index (κ3) is 4.66. The first-order chi connectivity index (χ1) is 16.1. The van der Waals surface area contributed by atoms with E-state index >= 15 is 0 Å². The molecule has 0 saturated carbocycles. The largest absolute Gasteiger partial charge is 0.457 e. The first-order valence-electron chi connectivity index (χ1n) is 10.8. The van der Waals surface area contributed by atoms with Gasteiger partial charge in [0.25, 0.3) is 5.91 Å². The van der Waals surface area contributed by atoms with Crippen molar-refractivity contribution >= 4 is 33.4 Å². The highest BCUT2D eigenvalue weighted by molar-refractivity contribution is 7.21. The topological polar surface area (TPSA) is 75.4 Å². The minimum atomic E-state index is -0.370. The number of thiazole rings is 1. The van der Waals surface area contributed by atoms with Crippen LogP contribution < -0.4 is 5.32 Å². The van der Waals surface area contributed by atoms with E-state index in [1.165, 1.54) is 24.3 Å². The van der Waals surface area contributed by atoms with Crippen LogP contribution in [-0.4, -0.2) is 34.8 Å². The van der Waals surface area contributed by atoms with Crippen molar-refractivity contribution in [2.24, 2.45) is 5.92 Å². The number of nitrogens with one attached hydrogen (secondary N) is 1. The summed E-state index contributed by atoms with van der Waals surface area (Å²) in [6.07, 6.45) is 1.18. The van der Waals surface area contributed by atoms with Crippen LogP contribution in [0.2, 0.25) is 0 Å². The molecule has 4 aromatic rings. The fraction of sp³-hybridized carbons (Fsp3) is 0.240. The predicted molar refractivity (Wildman–Crippen MR) is 124 cm³/mol. The van der Waals surface area contributed by atoms with Gasteiger partial charge in [0, 0.05) is 24.6 Å². The molecule has 1 N–H and O–H groups in total. The van der Waals surface area contributed by atoms with Gasteiger partial charge in [-0.3, -0.25) is 9.59 Å². The first kappa shape index (κ1) is 21.3. The molecule has 1 saturated heterocycles. The van der Waals surface area contributed by atoms with Gasteiger partial charge in [0.1, 0.15) is 11.6 Å². The third-order valence-corrected chi connectivity index (χ3v) is 6.90. The van der Waals surface area contributed by atoms with Crippen LogP contribution in [-0.2, 0) is 11.3 Å². The highest BCUT2D eigenvalue weighted by atomic mass is 32.1. The second-order valence-electron chi connectivity index (χ2n) is 8.04. The zero-order valence-corrected chi connectivity index (χ0v) is 18.6. The third-order valence-electron chi connectivity index (χ3n) is 5.85. The molecule has 33 heavy (non-hydrogen) atoms. The van der Waals surface area contributed by atoms with Crippen LogP contribution in [0, 0.1) is 11.7 Å². The average molecular weight is 464 g/mol. The number of nitrogens with zero attached hydrogens (tertiary/aromatic N) is 2. The Labute approximate surface area is 194 Å². The maximum absolute atomic E-state index is 13.1. The molecule has 5 rings (SSSR count). The number of para-hydroxylation sites is 1. The standard InChI is InChI=1S/C25H22FN3O3S/c26-18-7-5-17(6-8-18)25(31)29-13-11-16(12-14-29)23(30)27-15-19-9-10-21(32-19)24-28-20-3-1-2-4-22(20)33-24/h1-10,16H,11-15H2,(H,27,30). The molecule has 0 bridgehead atoms. The van der Waals surface area contributed by atoms with Crippen LogP contribution in [0.25, 0.3) is 21.0 Å². The van der Waals surface area contributed by atoms with Gasteiger partial charge in [0.05, 0.1) is 16.8 Å². The lowest BCUT2D eigenvalue weighted by Gasteiger charge is -2.31. The molecule has 3 heterocycles. The number of rotatable bonds is 5. The van der Waals surface area contributed by atoms with E-state index in [9.17, 15) is 14.0 Å². The number of halogens is 1. The molecule has 2 aromatic carbocycles. The van der Waals surface area contributed by atoms with E-state index in [1.54, 1.807) is 16.2 Å². The van der Waals surface area contributed by atoms with Crippen molar-refractivity contribution in [3.05, 3.63) is 77.8 Å². The van der Waals surface area contributed by atoms with Crippen molar-refractivity contribution in [1.29, 1.82) is 0 Å². The number of piperidine rings is 1. The number of fused-ring (bicyclic) bond motifs is 1. The Bertz CT molecular complexity index is 1260. The lowest BCUT2D eigenvalue weighted by atomic mass is 9.95. The monoisotopic (exact) mass is 463 g/mol. The number of benzene rings is 2. The summed E-state index contributed by atoms with van der Waals surface area (Å²) in [5.74, 6) is 0.662. The van der Waals surface area contributed by atoms with Crippen molar-refractivity contribution in [3.8, 4) is 10.8 Å². The van der Waals surface area contributed by atoms with Gasteiger partial charge >= 0.3 is 0 Å². The molecule has 1 aliphatic heterocycles. The van der Waals surface area contributed by atoms with Crippen LogP contribution in [0.3, 0.4) is 0 Å². The predicted octanol–water partition coefficient (Wildman–Crippen LogP) is 4.86. The van der Waals surface area contributed by atoms with Gasteiger partial charge in [-0.2, -0.15) is 0 Å². The molecule has 0 unspecified atom stereocenters. The fourth-order valence-electron chi connectivity index (χ4n) is 4.00. The van der Waals surface area contributed by atoms with Gasteiger partial charge in [-0.1, -0.05) is 12.1 Å². The maximum atomic E-state index is 13.1. The number of aromatic nitrogens is 1. The zero-order chi connectivity index (χ0) is 22.8. The summed E-state index contributed by atoms with van der Waals surface area (Å²) in [5.41, 5.74) is 1.40. The Morgan fingerprint density at radius 1 is 1.06 bits per heavy atom. The van der Waals surface area contributed by atoms with E-state index in [-0.39, 0.29) is 23.5 Å². The van der Waals surface area contributed by atoms with E-state index < -0.39 is 0 Å². The quantitative estimate of drug-likeness (QED) is 0.459. The highest BCUT2D eigenvalue weighted by Crippen LogP contribution is 2.31. The first-order valence-corrected chi connectivity index (χ1v) is 11.7. The molecule has 0 atom stereocenters. The van der Waals surface area contributed by atoms with Gasteiger partial charge in [-0.05, 0) is 61.4 Å². The molecular weight excluding hydrogens is 441 g/mol.